The average Bonchev–Trinajstić information content (AvgIpc) is 2.84. The zero-order valence-electron chi connectivity index (χ0n) is 19.5. The summed E-state index contributed by atoms with van der Waals surface area (Å²) in [4.78, 5) is 28.0. The number of carbonyl (C=O) groups excluding carboxylic acids is 2. The molecule has 0 heterocycles. The topological polar surface area (TPSA) is 58.6 Å². The SMILES string of the molecule is CNC(=O)[C@@H](Cc1ccccc1)N(Cc1ccc(Cl)c(Cl)c1)C(=O)COc1cc(C)ccc1C. The van der Waals surface area contributed by atoms with Crippen LogP contribution in [-0.2, 0) is 22.6 Å². The number of likely N-dealkylation sites (N-methyl/N-ethyl adjacent to an activating group) is 1. The van der Waals surface area contributed by atoms with Gasteiger partial charge in [0.25, 0.3) is 5.91 Å². The number of halogens is 2. The number of rotatable bonds is 9. The van der Waals surface area contributed by atoms with Crippen LogP contribution in [0.3, 0.4) is 0 Å². The third kappa shape index (κ3) is 6.75. The summed E-state index contributed by atoms with van der Waals surface area (Å²) >= 11 is 12.3. The van der Waals surface area contributed by atoms with Gasteiger partial charge in [0.2, 0.25) is 5.91 Å². The molecule has 0 bridgehead atoms. The molecule has 0 saturated heterocycles. The molecule has 0 radical (unpaired) electrons. The fourth-order valence-electron chi connectivity index (χ4n) is 3.64. The molecule has 0 fully saturated rings. The predicted molar refractivity (Wildman–Crippen MR) is 136 cm³/mol. The van der Waals surface area contributed by atoms with E-state index in [4.69, 9.17) is 27.9 Å². The van der Waals surface area contributed by atoms with Gasteiger partial charge < -0.3 is 15.0 Å². The van der Waals surface area contributed by atoms with Crippen LogP contribution >= 0.6 is 23.2 Å². The number of benzene rings is 3. The molecule has 0 spiro atoms. The van der Waals surface area contributed by atoms with Crippen molar-refractivity contribution in [2.24, 2.45) is 0 Å². The molecular weight excluding hydrogens is 471 g/mol. The van der Waals surface area contributed by atoms with Crippen LogP contribution in [0.5, 0.6) is 5.75 Å². The highest BCUT2D eigenvalue weighted by atomic mass is 35.5. The summed E-state index contributed by atoms with van der Waals surface area (Å²) in [6.45, 7) is 3.87. The summed E-state index contributed by atoms with van der Waals surface area (Å²) in [6, 6.07) is 19.9. The molecule has 1 atom stereocenters. The maximum absolute atomic E-state index is 13.5. The zero-order valence-corrected chi connectivity index (χ0v) is 21.0. The van der Waals surface area contributed by atoms with E-state index >= 15 is 0 Å². The summed E-state index contributed by atoms with van der Waals surface area (Å²) in [7, 11) is 1.56. The Kier molecular flexibility index (Phi) is 8.97. The first-order valence-corrected chi connectivity index (χ1v) is 11.7. The van der Waals surface area contributed by atoms with E-state index in [-0.39, 0.29) is 25.0 Å². The van der Waals surface area contributed by atoms with Gasteiger partial charge in [-0.3, -0.25) is 9.59 Å². The minimum absolute atomic E-state index is 0.177. The fraction of sp³-hybridized carbons (Fsp3) is 0.259. The summed E-state index contributed by atoms with van der Waals surface area (Å²) < 4.78 is 5.88. The van der Waals surface area contributed by atoms with Crippen LogP contribution < -0.4 is 10.1 Å². The largest absolute Gasteiger partial charge is 0.483 e. The van der Waals surface area contributed by atoms with Crippen LogP contribution in [0.15, 0.2) is 66.7 Å². The fourth-order valence-corrected chi connectivity index (χ4v) is 3.96. The monoisotopic (exact) mass is 498 g/mol. The molecule has 3 aromatic carbocycles. The number of amides is 2. The van der Waals surface area contributed by atoms with Gasteiger partial charge in [0.1, 0.15) is 11.8 Å². The van der Waals surface area contributed by atoms with Gasteiger partial charge in [-0.2, -0.15) is 0 Å². The Morgan fingerprint density at radius 1 is 0.941 bits per heavy atom. The van der Waals surface area contributed by atoms with Crippen molar-refractivity contribution < 1.29 is 14.3 Å². The molecule has 178 valence electrons. The Balaban J connectivity index is 1.91. The van der Waals surface area contributed by atoms with Crippen LogP contribution in [0.25, 0.3) is 0 Å². The molecule has 0 aromatic heterocycles. The summed E-state index contributed by atoms with van der Waals surface area (Å²) in [6.07, 6.45) is 0.358. The average molecular weight is 499 g/mol. The van der Waals surface area contributed by atoms with Gasteiger partial charge in [-0.25, -0.2) is 0 Å². The van der Waals surface area contributed by atoms with Crippen molar-refractivity contribution in [3.8, 4) is 5.75 Å². The highest BCUT2D eigenvalue weighted by Gasteiger charge is 2.30. The van der Waals surface area contributed by atoms with Crippen molar-refractivity contribution in [1.29, 1.82) is 0 Å². The molecule has 5 nitrogen and oxygen atoms in total. The van der Waals surface area contributed by atoms with Crippen molar-refractivity contribution >= 4 is 35.0 Å². The molecule has 0 aliphatic rings. The maximum Gasteiger partial charge on any atom is 0.261 e. The molecule has 7 heteroatoms. The molecule has 0 aliphatic heterocycles. The van der Waals surface area contributed by atoms with Crippen LogP contribution in [0.2, 0.25) is 10.0 Å². The van der Waals surface area contributed by atoms with Crippen molar-refractivity contribution in [2.45, 2.75) is 32.9 Å². The van der Waals surface area contributed by atoms with E-state index < -0.39 is 6.04 Å². The summed E-state index contributed by atoms with van der Waals surface area (Å²) in [5, 5.41) is 3.51. The second kappa shape index (κ2) is 11.9. The summed E-state index contributed by atoms with van der Waals surface area (Å²) in [5.41, 5.74) is 3.67. The predicted octanol–water partition coefficient (Wildman–Crippen LogP) is 5.38. The van der Waals surface area contributed by atoms with Gasteiger partial charge in [-0.1, -0.05) is 71.7 Å². The number of hydrogen-bond donors (Lipinski definition) is 1. The van der Waals surface area contributed by atoms with Crippen molar-refractivity contribution in [3.05, 3.63) is 99.0 Å². The number of aryl methyl sites for hydroxylation is 2. The van der Waals surface area contributed by atoms with Crippen LogP contribution in [-0.4, -0.2) is 36.4 Å². The van der Waals surface area contributed by atoms with E-state index in [0.29, 0.717) is 22.2 Å². The smallest absolute Gasteiger partial charge is 0.261 e. The lowest BCUT2D eigenvalue weighted by atomic mass is 10.0. The molecule has 0 saturated carbocycles. The lowest BCUT2D eigenvalue weighted by Gasteiger charge is -2.31. The second-order valence-corrected chi connectivity index (χ2v) is 8.96. The highest BCUT2D eigenvalue weighted by Crippen LogP contribution is 2.25. The minimum Gasteiger partial charge on any atom is -0.483 e. The quantitative estimate of drug-likeness (QED) is 0.431. The highest BCUT2D eigenvalue weighted by molar-refractivity contribution is 6.42. The van der Waals surface area contributed by atoms with Gasteiger partial charge in [0, 0.05) is 20.0 Å². The molecule has 34 heavy (non-hydrogen) atoms. The molecule has 1 N–H and O–H groups in total. The Hall–Kier alpha value is -3.02. The first-order valence-electron chi connectivity index (χ1n) is 11.0. The van der Waals surface area contributed by atoms with E-state index in [0.717, 1.165) is 22.3 Å². The van der Waals surface area contributed by atoms with Gasteiger partial charge in [-0.05, 0) is 54.3 Å². The van der Waals surface area contributed by atoms with Gasteiger partial charge >= 0.3 is 0 Å². The van der Waals surface area contributed by atoms with Crippen molar-refractivity contribution in [3.63, 3.8) is 0 Å². The van der Waals surface area contributed by atoms with Gasteiger partial charge in [0.15, 0.2) is 6.61 Å². The number of ether oxygens (including phenoxy) is 1. The van der Waals surface area contributed by atoms with Crippen LogP contribution in [0.1, 0.15) is 22.3 Å². The van der Waals surface area contributed by atoms with E-state index in [9.17, 15) is 9.59 Å². The summed E-state index contributed by atoms with van der Waals surface area (Å²) in [5.74, 6) is 0.0721. The van der Waals surface area contributed by atoms with E-state index in [1.807, 2.05) is 62.4 Å². The maximum atomic E-state index is 13.5. The lowest BCUT2D eigenvalue weighted by molar-refractivity contribution is -0.142. The zero-order chi connectivity index (χ0) is 24.7. The third-order valence-electron chi connectivity index (χ3n) is 5.55. The Labute approximate surface area is 210 Å². The van der Waals surface area contributed by atoms with E-state index in [2.05, 4.69) is 5.32 Å². The lowest BCUT2D eigenvalue weighted by Crippen LogP contribution is -2.51. The number of nitrogens with one attached hydrogen (secondary N) is 1. The molecule has 3 rings (SSSR count). The molecule has 0 unspecified atom stereocenters. The Morgan fingerprint density at radius 2 is 1.68 bits per heavy atom. The first kappa shape index (κ1) is 25.6. The number of nitrogens with zero attached hydrogens (tertiary/aromatic N) is 1. The molecule has 2 amide bonds. The Bertz CT molecular complexity index is 1150. The van der Waals surface area contributed by atoms with Crippen molar-refractivity contribution in [2.75, 3.05) is 13.7 Å². The second-order valence-electron chi connectivity index (χ2n) is 8.15. The minimum atomic E-state index is -0.739. The van der Waals surface area contributed by atoms with Crippen LogP contribution in [0.4, 0.5) is 0 Å². The molecule has 0 aliphatic carbocycles. The third-order valence-corrected chi connectivity index (χ3v) is 6.29. The van der Waals surface area contributed by atoms with Gasteiger partial charge in [0.05, 0.1) is 10.0 Å². The van der Waals surface area contributed by atoms with Crippen molar-refractivity contribution in [1.82, 2.24) is 10.2 Å². The first-order chi connectivity index (χ1) is 16.3. The Morgan fingerprint density at radius 3 is 2.35 bits per heavy atom. The molecule has 3 aromatic rings. The number of hydrogen-bond acceptors (Lipinski definition) is 3. The van der Waals surface area contributed by atoms with Crippen LogP contribution in [0, 0.1) is 13.8 Å². The standard InChI is InChI=1S/C27H28Cl2N2O3/c1-18-9-10-19(2)25(13-18)34-17-26(32)31(16-21-11-12-22(28)23(29)14-21)24(27(33)30-3)15-20-7-5-4-6-8-20/h4-14,24H,15-17H2,1-3H3,(H,30,33)/t24-/m1/s1. The van der Waals surface area contributed by atoms with Gasteiger partial charge in [-0.15, -0.1) is 0 Å². The van der Waals surface area contributed by atoms with E-state index in [1.165, 1.54) is 4.90 Å². The van der Waals surface area contributed by atoms with E-state index in [1.54, 1.807) is 25.2 Å². The normalized spacial score (nSPS) is 11.6. The molecular formula is C27H28Cl2N2O3. The number of carbonyl (C=O) groups is 2.